The van der Waals surface area contributed by atoms with Gasteiger partial charge in [0.05, 0.1) is 16.4 Å². The van der Waals surface area contributed by atoms with Crippen LogP contribution >= 0.6 is 0 Å². The fourth-order valence-electron chi connectivity index (χ4n) is 2.55. The molecule has 108 valence electrons. The lowest BCUT2D eigenvalue weighted by Gasteiger charge is -2.27. The van der Waals surface area contributed by atoms with Gasteiger partial charge in [0.2, 0.25) is 5.82 Å². The van der Waals surface area contributed by atoms with Gasteiger partial charge in [-0.05, 0) is 25.3 Å². The van der Waals surface area contributed by atoms with Crippen molar-refractivity contribution >= 4 is 11.7 Å². The number of rotatable bonds is 4. The second kappa shape index (κ2) is 5.16. The molecule has 0 amide bonds. The number of nitro benzene ring substituents is 1. The van der Waals surface area contributed by atoms with Crippen LogP contribution in [0.2, 0.25) is 0 Å². The number of aliphatic carboxylic acids is 1. The zero-order valence-corrected chi connectivity index (χ0v) is 10.8. The Bertz CT molecular complexity index is 562. The van der Waals surface area contributed by atoms with Crippen LogP contribution in [0.15, 0.2) is 18.2 Å². The van der Waals surface area contributed by atoms with Crippen LogP contribution in [0.4, 0.5) is 10.1 Å². The summed E-state index contributed by atoms with van der Waals surface area (Å²) in [6.07, 6.45) is -0.443. The van der Waals surface area contributed by atoms with Gasteiger partial charge in [-0.25, -0.2) is 0 Å². The fourth-order valence-corrected chi connectivity index (χ4v) is 2.55. The van der Waals surface area contributed by atoms with Crippen LogP contribution in [0.3, 0.4) is 0 Å². The van der Waals surface area contributed by atoms with E-state index in [1.807, 2.05) is 0 Å². The molecule has 1 aromatic carbocycles. The van der Waals surface area contributed by atoms with Crippen molar-refractivity contribution in [3.05, 3.63) is 39.7 Å². The second-order valence-electron chi connectivity index (χ2n) is 4.91. The Morgan fingerprint density at radius 2 is 2.35 bits per heavy atom. The highest BCUT2D eigenvalue weighted by molar-refractivity contribution is 5.76. The minimum Gasteiger partial charge on any atom is -0.481 e. The zero-order chi connectivity index (χ0) is 14.9. The van der Waals surface area contributed by atoms with E-state index in [0.717, 1.165) is 6.07 Å². The average molecular weight is 283 g/mol. The molecule has 0 aromatic heterocycles. The van der Waals surface area contributed by atoms with E-state index in [0.29, 0.717) is 0 Å². The molecule has 0 radical (unpaired) electrons. The van der Waals surface area contributed by atoms with Gasteiger partial charge in [-0.15, -0.1) is 0 Å². The summed E-state index contributed by atoms with van der Waals surface area (Å²) in [5, 5.41) is 20.1. The van der Waals surface area contributed by atoms with Crippen molar-refractivity contribution in [2.45, 2.75) is 25.9 Å². The number of hydrogen-bond acceptors (Lipinski definition) is 4. The lowest BCUT2D eigenvalue weighted by Crippen LogP contribution is -2.39. The molecule has 2 atom stereocenters. The van der Waals surface area contributed by atoms with Crippen molar-refractivity contribution in [1.29, 1.82) is 0 Å². The highest BCUT2D eigenvalue weighted by atomic mass is 19.1. The van der Waals surface area contributed by atoms with E-state index in [2.05, 4.69) is 0 Å². The first-order chi connectivity index (χ1) is 9.38. The van der Waals surface area contributed by atoms with E-state index in [1.165, 1.54) is 12.1 Å². The van der Waals surface area contributed by atoms with Gasteiger partial charge in [0.25, 0.3) is 0 Å². The molecule has 6 nitrogen and oxygen atoms in total. The van der Waals surface area contributed by atoms with Gasteiger partial charge in [-0.1, -0.05) is 12.1 Å². The van der Waals surface area contributed by atoms with Crippen LogP contribution in [-0.2, 0) is 16.0 Å². The highest BCUT2D eigenvalue weighted by Gasteiger charge is 2.49. The Labute approximate surface area is 114 Å². The standard InChI is InChI=1S/C13H14FNO5/c1-8-13(12(16)17,5-6-20-8)7-9-3-2-4-10(11(9)14)15(18)19/h2-4,8H,5-7H2,1H3,(H,16,17). The molecule has 0 bridgehead atoms. The van der Waals surface area contributed by atoms with Crippen molar-refractivity contribution in [2.24, 2.45) is 5.41 Å². The van der Waals surface area contributed by atoms with E-state index in [9.17, 15) is 24.4 Å². The zero-order valence-electron chi connectivity index (χ0n) is 10.8. The average Bonchev–Trinajstić information content (AvgIpc) is 2.74. The largest absolute Gasteiger partial charge is 0.481 e. The smallest absolute Gasteiger partial charge is 0.312 e. The molecule has 0 spiro atoms. The van der Waals surface area contributed by atoms with Gasteiger partial charge < -0.3 is 9.84 Å². The number of carboxylic acids is 1. The number of nitro groups is 1. The van der Waals surface area contributed by atoms with E-state index in [-0.39, 0.29) is 25.0 Å². The SMILES string of the molecule is CC1OCCC1(Cc1cccc([N+](=O)[O-])c1F)C(=O)O. The summed E-state index contributed by atoms with van der Waals surface area (Å²) < 4.78 is 19.3. The number of ether oxygens (including phenoxy) is 1. The Balaban J connectivity index is 2.40. The molecule has 20 heavy (non-hydrogen) atoms. The Morgan fingerprint density at radius 3 is 2.85 bits per heavy atom. The topological polar surface area (TPSA) is 89.7 Å². The molecule has 1 aliphatic heterocycles. The van der Waals surface area contributed by atoms with Crippen molar-refractivity contribution in [3.8, 4) is 0 Å². The lowest BCUT2D eigenvalue weighted by atomic mass is 9.76. The number of nitrogens with zero attached hydrogens (tertiary/aromatic N) is 1. The maximum atomic E-state index is 14.1. The number of halogens is 1. The van der Waals surface area contributed by atoms with Crippen molar-refractivity contribution < 1.29 is 24.0 Å². The number of carboxylic acid groups (broad SMARTS) is 1. The van der Waals surface area contributed by atoms with Crippen LogP contribution in [0.1, 0.15) is 18.9 Å². The van der Waals surface area contributed by atoms with E-state index >= 15 is 0 Å². The van der Waals surface area contributed by atoms with Gasteiger partial charge >= 0.3 is 11.7 Å². The summed E-state index contributed by atoms with van der Waals surface area (Å²) in [7, 11) is 0. The van der Waals surface area contributed by atoms with Gasteiger partial charge in [-0.2, -0.15) is 4.39 Å². The summed E-state index contributed by atoms with van der Waals surface area (Å²) in [5.41, 5.74) is -1.86. The molecule has 0 saturated carbocycles. The second-order valence-corrected chi connectivity index (χ2v) is 4.91. The molecule has 0 aliphatic carbocycles. The summed E-state index contributed by atoms with van der Waals surface area (Å²) in [6, 6.07) is 3.78. The minimum atomic E-state index is -1.24. The molecular formula is C13H14FNO5. The van der Waals surface area contributed by atoms with E-state index < -0.39 is 33.9 Å². The molecule has 2 rings (SSSR count). The molecule has 1 N–H and O–H groups in total. The van der Waals surface area contributed by atoms with Gasteiger partial charge in [-0.3, -0.25) is 14.9 Å². The molecule has 1 saturated heterocycles. The maximum Gasteiger partial charge on any atom is 0.312 e. The van der Waals surface area contributed by atoms with E-state index in [1.54, 1.807) is 6.92 Å². The predicted molar refractivity (Wildman–Crippen MR) is 66.9 cm³/mol. The quantitative estimate of drug-likeness (QED) is 0.675. The first-order valence-corrected chi connectivity index (χ1v) is 6.15. The number of hydrogen-bond donors (Lipinski definition) is 1. The first-order valence-electron chi connectivity index (χ1n) is 6.15. The molecule has 1 aromatic rings. The Kier molecular flexibility index (Phi) is 3.71. The van der Waals surface area contributed by atoms with Crippen LogP contribution in [-0.4, -0.2) is 28.7 Å². The molecule has 7 heteroatoms. The Hall–Kier alpha value is -2.02. The number of carbonyl (C=O) groups is 1. The van der Waals surface area contributed by atoms with E-state index in [4.69, 9.17) is 4.74 Å². The van der Waals surface area contributed by atoms with Crippen LogP contribution < -0.4 is 0 Å². The van der Waals surface area contributed by atoms with Gasteiger partial charge in [0, 0.05) is 12.7 Å². The molecule has 1 fully saturated rings. The molecule has 2 unspecified atom stereocenters. The monoisotopic (exact) mass is 283 g/mol. The van der Waals surface area contributed by atoms with Crippen LogP contribution in [0.25, 0.3) is 0 Å². The molecule has 1 heterocycles. The van der Waals surface area contributed by atoms with Gasteiger partial charge in [0.1, 0.15) is 0 Å². The van der Waals surface area contributed by atoms with Crippen molar-refractivity contribution in [2.75, 3.05) is 6.61 Å². The summed E-state index contributed by atoms with van der Waals surface area (Å²) in [4.78, 5) is 21.4. The third kappa shape index (κ3) is 2.24. The van der Waals surface area contributed by atoms with Crippen LogP contribution in [0.5, 0.6) is 0 Å². The lowest BCUT2D eigenvalue weighted by molar-refractivity contribution is -0.387. The number of benzene rings is 1. The van der Waals surface area contributed by atoms with Crippen molar-refractivity contribution in [1.82, 2.24) is 0 Å². The minimum absolute atomic E-state index is 0.0268. The maximum absolute atomic E-state index is 14.1. The summed E-state index contributed by atoms with van der Waals surface area (Å²) in [5.74, 6) is -2.05. The highest BCUT2D eigenvalue weighted by Crippen LogP contribution is 2.39. The third-order valence-corrected chi connectivity index (χ3v) is 3.88. The third-order valence-electron chi connectivity index (χ3n) is 3.88. The predicted octanol–water partition coefficient (Wildman–Crippen LogP) is 2.16. The first kappa shape index (κ1) is 14.4. The summed E-state index contributed by atoms with van der Waals surface area (Å²) >= 11 is 0. The van der Waals surface area contributed by atoms with Gasteiger partial charge in [0.15, 0.2) is 0 Å². The fraction of sp³-hybridized carbons (Fsp3) is 0.462. The van der Waals surface area contributed by atoms with Crippen molar-refractivity contribution in [3.63, 3.8) is 0 Å². The molecule has 1 aliphatic rings. The Morgan fingerprint density at radius 1 is 1.65 bits per heavy atom. The molecular weight excluding hydrogens is 269 g/mol. The summed E-state index contributed by atoms with van der Waals surface area (Å²) in [6.45, 7) is 1.90. The normalized spacial score (nSPS) is 25.6. The van der Waals surface area contributed by atoms with Crippen LogP contribution in [0, 0.1) is 21.3 Å².